The molecular weight excluding hydrogens is 176 g/mol. The molecule has 0 spiro atoms. The highest BCUT2D eigenvalue weighted by molar-refractivity contribution is 5.91. The summed E-state index contributed by atoms with van der Waals surface area (Å²) in [5, 5.41) is 8.63. The summed E-state index contributed by atoms with van der Waals surface area (Å²) in [7, 11) is 0. The van der Waals surface area contributed by atoms with Gasteiger partial charge in [0.1, 0.15) is 0 Å². The summed E-state index contributed by atoms with van der Waals surface area (Å²) in [5.41, 5.74) is 2.01. The van der Waals surface area contributed by atoms with Gasteiger partial charge < -0.3 is 5.11 Å². The lowest BCUT2D eigenvalue weighted by Gasteiger charge is -2.00. The van der Waals surface area contributed by atoms with Crippen molar-refractivity contribution in [3.8, 4) is 0 Å². The number of carboxylic acid groups (broad SMARTS) is 1. The highest BCUT2D eigenvalue weighted by Crippen LogP contribution is 2.14. The first-order chi connectivity index (χ1) is 6.61. The number of hydrogen-bond donors (Lipinski definition) is 1. The molecule has 1 aromatic carbocycles. The first-order valence-electron chi connectivity index (χ1n) is 4.27. The van der Waals surface area contributed by atoms with Gasteiger partial charge in [-0.1, -0.05) is 36.9 Å². The molecule has 0 saturated heterocycles. The van der Waals surface area contributed by atoms with Gasteiger partial charge in [-0.05, 0) is 24.1 Å². The third-order valence-corrected chi connectivity index (χ3v) is 1.89. The Balaban J connectivity index is 2.91. The van der Waals surface area contributed by atoms with Gasteiger partial charge in [0.15, 0.2) is 0 Å². The molecule has 0 fully saturated rings. The smallest absolute Gasteiger partial charge is 0.335 e. The fourth-order valence-corrected chi connectivity index (χ4v) is 1.11. The molecule has 1 rings (SSSR count). The van der Waals surface area contributed by atoms with E-state index in [0.717, 1.165) is 11.1 Å². The van der Waals surface area contributed by atoms with Crippen LogP contribution in [0.4, 0.5) is 0 Å². The van der Waals surface area contributed by atoms with E-state index in [2.05, 4.69) is 6.58 Å². The van der Waals surface area contributed by atoms with Gasteiger partial charge in [0.2, 0.25) is 0 Å². The van der Waals surface area contributed by atoms with Crippen molar-refractivity contribution in [2.75, 3.05) is 0 Å². The quantitative estimate of drug-likeness (QED) is 0.585. The van der Waals surface area contributed by atoms with Crippen LogP contribution in [0.25, 0.3) is 5.57 Å². The van der Waals surface area contributed by atoms with Crippen LogP contribution >= 0.6 is 0 Å². The summed E-state index contributed by atoms with van der Waals surface area (Å²) in [6.07, 6.45) is 1.57. The maximum Gasteiger partial charge on any atom is 0.335 e. The average molecular weight is 188 g/mol. The Kier molecular flexibility index (Phi) is 3.24. The molecule has 0 atom stereocenters. The van der Waals surface area contributed by atoms with Crippen molar-refractivity contribution < 1.29 is 9.90 Å². The van der Waals surface area contributed by atoms with Gasteiger partial charge in [0, 0.05) is 0 Å². The van der Waals surface area contributed by atoms with Gasteiger partial charge in [0.25, 0.3) is 0 Å². The summed E-state index contributed by atoms with van der Waals surface area (Å²) in [4.78, 5) is 10.5. The molecule has 2 nitrogen and oxygen atoms in total. The van der Waals surface area contributed by atoms with Gasteiger partial charge >= 0.3 is 5.97 Å². The second kappa shape index (κ2) is 4.42. The Bertz CT molecular complexity index is 375. The Morgan fingerprint density at radius 2 is 1.93 bits per heavy atom. The van der Waals surface area contributed by atoms with Gasteiger partial charge in [-0.25, -0.2) is 4.79 Å². The van der Waals surface area contributed by atoms with Crippen LogP contribution in [0.3, 0.4) is 0 Å². The minimum Gasteiger partial charge on any atom is -0.478 e. The zero-order valence-corrected chi connectivity index (χ0v) is 8.03. The third kappa shape index (κ3) is 2.59. The summed E-state index contributed by atoms with van der Waals surface area (Å²) in [6, 6.07) is 9.61. The molecule has 2 heteroatoms. The molecule has 0 aliphatic heterocycles. The normalized spacial score (nSPS) is 11.1. The molecule has 0 aliphatic carbocycles. The van der Waals surface area contributed by atoms with Crippen LogP contribution in [0.15, 0.2) is 48.6 Å². The maximum absolute atomic E-state index is 10.5. The van der Waals surface area contributed by atoms with Gasteiger partial charge in [-0.15, -0.1) is 0 Å². The maximum atomic E-state index is 10.5. The first kappa shape index (κ1) is 10.3. The molecule has 72 valence electrons. The lowest BCUT2D eigenvalue weighted by molar-refractivity contribution is -0.132. The molecule has 0 bridgehead atoms. The number of carbonyl (C=O) groups is 1. The van der Waals surface area contributed by atoms with E-state index in [9.17, 15) is 4.79 Å². The average Bonchev–Trinajstić information content (AvgIpc) is 2.19. The van der Waals surface area contributed by atoms with E-state index >= 15 is 0 Å². The topological polar surface area (TPSA) is 37.3 Å². The van der Waals surface area contributed by atoms with Crippen molar-refractivity contribution in [1.29, 1.82) is 0 Å². The molecule has 0 amide bonds. The van der Waals surface area contributed by atoms with Crippen LogP contribution in [0.1, 0.15) is 12.5 Å². The lowest BCUT2D eigenvalue weighted by Crippen LogP contribution is -1.96. The Labute approximate surface area is 83.2 Å². The zero-order chi connectivity index (χ0) is 10.6. The SMILES string of the molecule is C=C(C=C(C)c1ccccc1)C(=O)O. The molecule has 14 heavy (non-hydrogen) atoms. The number of benzene rings is 1. The lowest BCUT2D eigenvalue weighted by atomic mass is 10.1. The number of hydrogen-bond acceptors (Lipinski definition) is 1. The van der Waals surface area contributed by atoms with Crippen molar-refractivity contribution in [2.24, 2.45) is 0 Å². The molecule has 1 N–H and O–H groups in total. The molecule has 0 heterocycles. The van der Waals surface area contributed by atoms with E-state index in [4.69, 9.17) is 5.11 Å². The number of carboxylic acids is 1. The van der Waals surface area contributed by atoms with E-state index in [1.807, 2.05) is 37.3 Å². The van der Waals surface area contributed by atoms with E-state index < -0.39 is 5.97 Å². The minimum atomic E-state index is -0.986. The Morgan fingerprint density at radius 3 is 2.43 bits per heavy atom. The number of allylic oxidation sites excluding steroid dienone is 1. The van der Waals surface area contributed by atoms with Crippen LogP contribution in [0.5, 0.6) is 0 Å². The van der Waals surface area contributed by atoms with Crippen molar-refractivity contribution in [3.05, 3.63) is 54.1 Å². The second-order valence-electron chi connectivity index (χ2n) is 3.02. The Hall–Kier alpha value is -1.83. The monoisotopic (exact) mass is 188 g/mol. The molecule has 0 aliphatic rings. The van der Waals surface area contributed by atoms with Gasteiger partial charge in [0.05, 0.1) is 5.57 Å². The molecule has 0 saturated carbocycles. The highest BCUT2D eigenvalue weighted by atomic mass is 16.4. The van der Waals surface area contributed by atoms with Crippen molar-refractivity contribution in [2.45, 2.75) is 6.92 Å². The van der Waals surface area contributed by atoms with Gasteiger partial charge in [-0.3, -0.25) is 0 Å². The highest BCUT2D eigenvalue weighted by Gasteiger charge is 2.01. The molecule has 1 aromatic rings. The summed E-state index contributed by atoms with van der Waals surface area (Å²) >= 11 is 0. The zero-order valence-electron chi connectivity index (χ0n) is 8.03. The van der Waals surface area contributed by atoms with E-state index in [1.54, 1.807) is 6.08 Å². The first-order valence-corrected chi connectivity index (χ1v) is 4.27. The summed E-state index contributed by atoms with van der Waals surface area (Å²) in [6.45, 7) is 5.31. The van der Waals surface area contributed by atoms with Crippen LogP contribution in [0, 0.1) is 0 Å². The standard InChI is InChI=1S/C12H12O2/c1-9(8-10(2)12(13)14)11-6-4-3-5-7-11/h3-8H,2H2,1H3,(H,13,14). The van der Waals surface area contributed by atoms with Crippen LogP contribution in [-0.2, 0) is 4.79 Å². The van der Waals surface area contributed by atoms with Crippen molar-refractivity contribution in [3.63, 3.8) is 0 Å². The van der Waals surface area contributed by atoms with Crippen LogP contribution in [0.2, 0.25) is 0 Å². The van der Waals surface area contributed by atoms with E-state index in [-0.39, 0.29) is 5.57 Å². The molecule has 0 aromatic heterocycles. The number of rotatable bonds is 3. The predicted molar refractivity (Wildman–Crippen MR) is 56.9 cm³/mol. The summed E-state index contributed by atoms with van der Waals surface area (Å²) < 4.78 is 0. The molecule has 0 radical (unpaired) electrons. The fraction of sp³-hybridized carbons (Fsp3) is 0.0833. The molecule has 0 unspecified atom stereocenters. The van der Waals surface area contributed by atoms with Crippen LogP contribution in [-0.4, -0.2) is 11.1 Å². The summed E-state index contributed by atoms with van der Waals surface area (Å²) in [5.74, 6) is -0.986. The van der Waals surface area contributed by atoms with E-state index in [0.29, 0.717) is 0 Å². The van der Waals surface area contributed by atoms with Crippen molar-refractivity contribution in [1.82, 2.24) is 0 Å². The largest absolute Gasteiger partial charge is 0.478 e. The van der Waals surface area contributed by atoms with Crippen LogP contribution < -0.4 is 0 Å². The third-order valence-electron chi connectivity index (χ3n) is 1.89. The number of aliphatic carboxylic acids is 1. The Morgan fingerprint density at radius 1 is 1.36 bits per heavy atom. The van der Waals surface area contributed by atoms with Crippen molar-refractivity contribution >= 4 is 11.5 Å². The minimum absolute atomic E-state index is 0.103. The van der Waals surface area contributed by atoms with E-state index in [1.165, 1.54) is 0 Å². The second-order valence-corrected chi connectivity index (χ2v) is 3.02. The predicted octanol–water partition coefficient (Wildman–Crippen LogP) is 2.73. The molecular formula is C12H12O2. The van der Waals surface area contributed by atoms with Gasteiger partial charge in [-0.2, -0.15) is 0 Å². The fourth-order valence-electron chi connectivity index (χ4n) is 1.11.